The summed E-state index contributed by atoms with van der Waals surface area (Å²) in [5, 5.41) is 2.65. The molecule has 124 valence electrons. The van der Waals surface area contributed by atoms with E-state index in [0.717, 1.165) is 5.56 Å². The van der Waals surface area contributed by atoms with Crippen LogP contribution in [0.15, 0.2) is 48.5 Å². The molecule has 1 N–H and O–H groups in total. The van der Waals surface area contributed by atoms with E-state index in [1.165, 1.54) is 0 Å². The Hall–Kier alpha value is -3.02. The molecule has 0 radical (unpaired) electrons. The normalized spacial score (nSPS) is 15.5. The molecule has 0 saturated heterocycles. The van der Waals surface area contributed by atoms with Gasteiger partial charge in [-0.15, -0.1) is 0 Å². The van der Waals surface area contributed by atoms with E-state index in [4.69, 9.17) is 14.2 Å². The lowest BCUT2D eigenvalue weighted by atomic mass is 10.2. The van der Waals surface area contributed by atoms with Crippen molar-refractivity contribution in [2.75, 3.05) is 18.5 Å². The average Bonchev–Trinajstić information content (AvgIpc) is 2.61. The smallest absolute Gasteiger partial charge is 0.351 e. The third kappa shape index (κ3) is 3.84. The second-order valence-corrected chi connectivity index (χ2v) is 5.39. The number of ether oxygens (including phenoxy) is 3. The number of carbonyl (C=O) groups is 2. The maximum absolute atomic E-state index is 12.0. The summed E-state index contributed by atoms with van der Waals surface area (Å²) in [5.41, 5.74) is 1.74. The number of aryl methyl sites for hydroxylation is 1. The van der Waals surface area contributed by atoms with Gasteiger partial charge in [-0.05, 0) is 31.2 Å². The zero-order valence-corrected chi connectivity index (χ0v) is 13.2. The number of hydrogen-bond acceptors (Lipinski definition) is 5. The second kappa shape index (κ2) is 7.04. The molecule has 6 nitrogen and oxygen atoms in total. The summed E-state index contributed by atoms with van der Waals surface area (Å²) in [6, 6.07) is 14.4. The Labute approximate surface area is 139 Å². The number of anilines is 1. The topological polar surface area (TPSA) is 73.9 Å². The van der Waals surface area contributed by atoms with Gasteiger partial charge in [-0.25, -0.2) is 4.79 Å². The Kier molecular flexibility index (Phi) is 4.65. The number of rotatable bonds is 4. The molecule has 0 aliphatic carbocycles. The van der Waals surface area contributed by atoms with Crippen molar-refractivity contribution in [3.63, 3.8) is 0 Å². The first-order valence-electron chi connectivity index (χ1n) is 7.53. The van der Waals surface area contributed by atoms with Crippen molar-refractivity contribution in [2.24, 2.45) is 0 Å². The van der Waals surface area contributed by atoms with Gasteiger partial charge in [0, 0.05) is 5.69 Å². The first-order chi connectivity index (χ1) is 11.6. The van der Waals surface area contributed by atoms with Crippen molar-refractivity contribution in [1.82, 2.24) is 0 Å². The number of para-hydroxylation sites is 2. The van der Waals surface area contributed by atoms with Crippen molar-refractivity contribution in [2.45, 2.75) is 13.0 Å². The summed E-state index contributed by atoms with van der Waals surface area (Å²) < 4.78 is 16.0. The van der Waals surface area contributed by atoms with Gasteiger partial charge in [-0.1, -0.05) is 29.8 Å². The van der Waals surface area contributed by atoms with Gasteiger partial charge in [-0.3, -0.25) is 4.79 Å². The van der Waals surface area contributed by atoms with E-state index < -0.39 is 18.0 Å². The fraction of sp³-hybridized carbons (Fsp3) is 0.222. The molecular weight excluding hydrogens is 310 g/mol. The van der Waals surface area contributed by atoms with Crippen molar-refractivity contribution in [3.8, 4) is 11.5 Å². The van der Waals surface area contributed by atoms with Crippen molar-refractivity contribution >= 4 is 17.6 Å². The minimum Gasteiger partial charge on any atom is -0.485 e. The Morgan fingerprint density at radius 2 is 1.83 bits per heavy atom. The Bertz CT molecular complexity index is 741. The van der Waals surface area contributed by atoms with Crippen LogP contribution >= 0.6 is 0 Å². The summed E-state index contributed by atoms with van der Waals surface area (Å²) in [6.07, 6.45) is -0.882. The molecule has 1 aliphatic heterocycles. The highest BCUT2D eigenvalue weighted by Gasteiger charge is 2.29. The number of nitrogens with one attached hydrogen (secondary N) is 1. The molecule has 3 rings (SSSR count). The predicted molar refractivity (Wildman–Crippen MR) is 87.1 cm³/mol. The van der Waals surface area contributed by atoms with E-state index in [1.54, 1.807) is 30.3 Å². The lowest BCUT2D eigenvalue weighted by Crippen LogP contribution is -2.39. The van der Waals surface area contributed by atoms with Crippen LogP contribution in [-0.2, 0) is 14.3 Å². The molecule has 0 unspecified atom stereocenters. The van der Waals surface area contributed by atoms with Crippen LogP contribution in [0, 0.1) is 6.92 Å². The maximum Gasteiger partial charge on any atom is 0.351 e. The van der Waals surface area contributed by atoms with Gasteiger partial charge in [-0.2, -0.15) is 0 Å². The molecule has 0 spiro atoms. The molecule has 2 aromatic carbocycles. The average molecular weight is 327 g/mol. The molecule has 2 aromatic rings. The number of hydrogen-bond donors (Lipinski definition) is 1. The quantitative estimate of drug-likeness (QED) is 0.873. The Morgan fingerprint density at radius 1 is 1.12 bits per heavy atom. The highest BCUT2D eigenvalue weighted by molar-refractivity contribution is 5.93. The minimum absolute atomic E-state index is 0.0510. The molecule has 0 fully saturated rings. The second-order valence-electron chi connectivity index (χ2n) is 5.39. The van der Waals surface area contributed by atoms with E-state index in [2.05, 4.69) is 5.32 Å². The van der Waals surface area contributed by atoms with E-state index in [0.29, 0.717) is 17.2 Å². The van der Waals surface area contributed by atoms with Crippen LogP contribution < -0.4 is 14.8 Å². The van der Waals surface area contributed by atoms with Crippen molar-refractivity contribution in [1.29, 1.82) is 0 Å². The first-order valence-corrected chi connectivity index (χ1v) is 7.53. The molecule has 1 heterocycles. The number of carbonyl (C=O) groups excluding carboxylic acids is 2. The van der Waals surface area contributed by atoms with E-state index >= 15 is 0 Å². The molecular formula is C18H17NO5. The van der Waals surface area contributed by atoms with E-state index in [9.17, 15) is 9.59 Å². The molecule has 0 aromatic heterocycles. The zero-order chi connectivity index (χ0) is 16.9. The van der Waals surface area contributed by atoms with Crippen LogP contribution in [-0.4, -0.2) is 31.2 Å². The van der Waals surface area contributed by atoms with Crippen LogP contribution in [0.1, 0.15) is 5.56 Å². The summed E-state index contributed by atoms with van der Waals surface area (Å²) in [7, 11) is 0. The summed E-state index contributed by atoms with van der Waals surface area (Å²) in [4.78, 5) is 23.8. The van der Waals surface area contributed by atoms with Crippen molar-refractivity contribution < 1.29 is 23.8 Å². The third-order valence-corrected chi connectivity index (χ3v) is 3.45. The SMILES string of the molecule is Cc1ccc(NC(=O)COC(=O)[C@@H]2COc3ccccc3O2)cc1. The lowest BCUT2D eigenvalue weighted by molar-refractivity contribution is -0.156. The summed E-state index contributed by atoms with van der Waals surface area (Å²) in [6.45, 7) is 1.63. The molecule has 1 atom stereocenters. The monoisotopic (exact) mass is 327 g/mol. The predicted octanol–water partition coefficient (Wildman–Crippen LogP) is 2.32. The van der Waals surface area contributed by atoms with E-state index in [1.807, 2.05) is 25.1 Å². The fourth-order valence-electron chi connectivity index (χ4n) is 2.20. The highest BCUT2D eigenvalue weighted by atomic mass is 16.6. The molecule has 6 heteroatoms. The van der Waals surface area contributed by atoms with Gasteiger partial charge in [0.25, 0.3) is 5.91 Å². The maximum atomic E-state index is 12.0. The van der Waals surface area contributed by atoms with E-state index in [-0.39, 0.29) is 13.2 Å². The van der Waals surface area contributed by atoms with Gasteiger partial charge in [0.2, 0.25) is 6.10 Å². The Morgan fingerprint density at radius 3 is 2.58 bits per heavy atom. The van der Waals surface area contributed by atoms with Crippen LogP contribution in [0.5, 0.6) is 11.5 Å². The van der Waals surface area contributed by atoms with Gasteiger partial charge < -0.3 is 19.5 Å². The van der Waals surface area contributed by atoms with Crippen molar-refractivity contribution in [3.05, 3.63) is 54.1 Å². The minimum atomic E-state index is -0.882. The number of amides is 1. The molecule has 1 aliphatic rings. The number of benzene rings is 2. The summed E-state index contributed by atoms with van der Waals surface area (Å²) >= 11 is 0. The molecule has 0 bridgehead atoms. The highest BCUT2D eigenvalue weighted by Crippen LogP contribution is 2.31. The zero-order valence-electron chi connectivity index (χ0n) is 13.2. The van der Waals surface area contributed by atoms with Crippen LogP contribution in [0.25, 0.3) is 0 Å². The van der Waals surface area contributed by atoms with Gasteiger partial charge in [0.1, 0.15) is 6.61 Å². The van der Waals surface area contributed by atoms with Crippen LogP contribution in [0.4, 0.5) is 5.69 Å². The Balaban J connectivity index is 1.49. The van der Waals surface area contributed by atoms with Crippen LogP contribution in [0.3, 0.4) is 0 Å². The molecule has 1 amide bonds. The van der Waals surface area contributed by atoms with Gasteiger partial charge in [0.05, 0.1) is 0 Å². The van der Waals surface area contributed by atoms with Gasteiger partial charge >= 0.3 is 5.97 Å². The number of fused-ring (bicyclic) bond motifs is 1. The molecule has 24 heavy (non-hydrogen) atoms. The summed E-state index contributed by atoms with van der Waals surface area (Å²) in [5.74, 6) is 0.0151. The molecule has 0 saturated carbocycles. The number of esters is 1. The van der Waals surface area contributed by atoms with Crippen LogP contribution in [0.2, 0.25) is 0 Å². The fourth-order valence-corrected chi connectivity index (χ4v) is 2.20. The van der Waals surface area contributed by atoms with Gasteiger partial charge in [0.15, 0.2) is 18.1 Å². The third-order valence-electron chi connectivity index (χ3n) is 3.45. The lowest BCUT2D eigenvalue weighted by Gasteiger charge is -2.24. The standard InChI is InChI=1S/C18H17NO5/c1-12-6-8-13(9-7-12)19-17(20)11-23-18(21)16-10-22-14-4-2-3-5-15(14)24-16/h2-9,16H,10-11H2,1H3,(H,19,20)/t16-/m0/s1. The largest absolute Gasteiger partial charge is 0.485 e. The first kappa shape index (κ1) is 15.9.